The van der Waals surface area contributed by atoms with Gasteiger partial charge in [-0.3, -0.25) is 4.79 Å². The highest BCUT2D eigenvalue weighted by atomic mass is 35.5. The topological polar surface area (TPSA) is 80.0 Å². The molecule has 200 valence electrons. The van der Waals surface area contributed by atoms with E-state index in [1.807, 2.05) is 48.2 Å². The molecule has 38 heavy (non-hydrogen) atoms. The lowest BCUT2D eigenvalue weighted by Crippen LogP contribution is -2.58. The number of rotatable bonds is 4. The van der Waals surface area contributed by atoms with Crippen LogP contribution in [0.1, 0.15) is 73.7 Å². The summed E-state index contributed by atoms with van der Waals surface area (Å²) in [5.41, 5.74) is 3.06. The molecule has 0 spiro atoms. The average Bonchev–Trinajstić information content (AvgIpc) is 3.38. The van der Waals surface area contributed by atoms with Crippen LogP contribution in [-0.2, 0) is 17.6 Å². The Morgan fingerprint density at radius 2 is 1.89 bits per heavy atom. The molecular weight excluding hydrogens is 502 g/mol. The highest BCUT2D eigenvalue weighted by Crippen LogP contribution is 2.49. The number of hydrogen-bond acceptors (Lipinski definition) is 5. The minimum atomic E-state index is -0.770. The Balaban J connectivity index is 1.35. The SMILES string of the molecule is Cc1cc(O[C@@H](C)C(=O)N2CC[C@@]3(O)CCCC[C@H]3[C@@H]2c2ccc(Cl)cc2)c2c3c(c(=O)oc2c1)CCC3. The van der Waals surface area contributed by atoms with Gasteiger partial charge in [-0.05, 0) is 93.3 Å². The largest absolute Gasteiger partial charge is 0.480 e. The van der Waals surface area contributed by atoms with Crippen LogP contribution in [0, 0.1) is 12.8 Å². The Kier molecular flexibility index (Phi) is 6.51. The number of aryl methyl sites for hydroxylation is 2. The third-order valence-electron chi connectivity index (χ3n) is 8.89. The predicted octanol–water partition coefficient (Wildman–Crippen LogP) is 5.91. The number of amides is 1. The minimum absolute atomic E-state index is 0.0420. The maximum atomic E-state index is 14.1. The van der Waals surface area contributed by atoms with Crippen molar-refractivity contribution in [3.8, 4) is 5.75 Å². The number of fused-ring (bicyclic) bond motifs is 4. The van der Waals surface area contributed by atoms with Gasteiger partial charge in [-0.25, -0.2) is 4.79 Å². The fourth-order valence-corrected chi connectivity index (χ4v) is 7.20. The lowest BCUT2D eigenvalue weighted by molar-refractivity contribution is -0.161. The van der Waals surface area contributed by atoms with E-state index in [9.17, 15) is 14.7 Å². The van der Waals surface area contributed by atoms with Crippen molar-refractivity contribution in [2.24, 2.45) is 5.92 Å². The molecular formula is C31H34ClNO5. The number of likely N-dealkylation sites (tertiary alicyclic amines) is 1. The van der Waals surface area contributed by atoms with Crippen LogP contribution in [0.5, 0.6) is 5.75 Å². The second-order valence-corrected chi connectivity index (χ2v) is 11.8. The third kappa shape index (κ3) is 4.32. The number of nitrogens with zero attached hydrogens (tertiary/aromatic N) is 1. The van der Waals surface area contributed by atoms with Crippen molar-refractivity contribution in [2.75, 3.05) is 6.54 Å². The number of piperidine rings is 1. The fourth-order valence-electron chi connectivity index (χ4n) is 7.07. The molecule has 2 heterocycles. The maximum absolute atomic E-state index is 14.1. The molecule has 6 nitrogen and oxygen atoms in total. The molecule has 0 bridgehead atoms. The molecule has 2 aliphatic carbocycles. The highest BCUT2D eigenvalue weighted by molar-refractivity contribution is 6.30. The first-order chi connectivity index (χ1) is 18.2. The average molecular weight is 536 g/mol. The third-order valence-corrected chi connectivity index (χ3v) is 9.14. The van der Waals surface area contributed by atoms with E-state index in [0.29, 0.717) is 35.7 Å². The molecule has 0 unspecified atom stereocenters. The number of hydrogen-bond donors (Lipinski definition) is 1. The van der Waals surface area contributed by atoms with E-state index in [2.05, 4.69) is 0 Å². The molecule has 1 aromatic heterocycles. The van der Waals surface area contributed by atoms with Crippen LogP contribution < -0.4 is 10.4 Å². The Morgan fingerprint density at radius 1 is 1.13 bits per heavy atom. The summed E-state index contributed by atoms with van der Waals surface area (Å²) in [6.45, 7) is 4.18. The van der Waals surface area contributed by atoms with Crippen LogP contribution in [0.4, 0.5) is 0 Å². The van der Waals surface area contributed by atoms with Gasteiger partial charge in [-0.1, -0.05) is 36.6 Å². The van der Waals surface area contributed by atoms with Gasteiger partial charge < -0.3 is 19.2 Å². The van der Waals surface area contributed by atoms with Crippen molar-refractivity contribution in [3.63, 3.8) is 0 Å². The molecule has 3 aromatic rings. The molecule has 0 radical (unpaired) electrons. The van der Waals surface area contributed by atoms with Gasteiger partial charge in [0.1, 0.15) is 11.3 Å². The van der Waals surface area contributed by atoms with E-state index >= 15 is 0 Å². The van der Waals surface area contributed by atoms with Crippen molar-refractivity contribution in [3.05, 3.63) is 74.1 Å². The molecule has 2 aromatic carbocycles. The Hall–Kier alpha value is -2.83. The van der Waals surface area contributed by atoms with E-state index in [1.54, 1.807) is 6.92 Å². The van der Waals surface area contributed by atoms with Gasteiger partial charge in [-0.2, -0.15) is 0 Å². The summed E-state index contributed by atoms with van der Waals surface area (Å²) in [5, 5.41) is 13.0. The number of halogens is 1. The second-order valence-electron chi connectivity index (χ2n) is 11.3. The fraction of sp³-hybridized carbons (Fsp3) is 0.484. The van der Waals surface area contributed by atoms with Crippen LogP contribution in [0.15, 0.2) is 45.6 Å². The van der Waals surface area contributed by atoms with Crippen LogP contribution in [0.3, 0.4) is 0 Å². The van der Waals surface area contributed by atoms with Crippen LogP contribution in [-0.4, -0.2) is 34.2 Å². The zero-order valence-corrected chi connectivity index (χ0v) is 22.7. The molecule has 1 aliphatic heterocycles. The molecule has 1 saturated carbocycles. The molecule has 3 aliphatic rings. The van der Waals surface area contributed by atoms with Crippen LogP contribution in [0.2, 0.25) is 5.02 Å². The summed E-state index contributed by atoms with van der Waals surface area (Å²) < 4.78 is 12.1. The van der Waals surface area contributed by atoms with Crippen LogP contribution >= 0.6 is 11.6 Å². The zero-order valence-electron chi connectivity index (χ0n) is 22.0. The second kappa shape index (κ2) is 9.73. The summed E-state index contributed by atoms with van der Waals surface area (Å²) in [4.78, 5) is 28.5. The monoisotopic (exact) mass is 535 g/mol. The molecule has 1 saturated heterocycles. The summed E-state index contributed by atoms with van der Waals surface area (Å²) in [6, 6.07) is 11.2. The maximum Gasteiger partial charge on any atom is 0.339 e. The summed E-state index contributed by atoms with van der Waals surface area (Å²) in [6.07, 6.45) is 5.89. The Labute approximate surface area is 227 Å². The molecule has 2 fully saturated rings. The first-order valence-electron chi connectivity index (χ1n) is 13.8. The van der Waals surface area contributed by atoms with Crippen molar-refractivity contribution < 1.29 is 19.1 Å². The molecule has 1 amide bonds. The predicted molar refractivity (Wildman–Crippen MR) is 147 cm³/mol. The Bertz CT molecular complexity index is 1450. The van der Waals surface area contributed by atoms with E-state index in [0.717, 1.165) is 66.2 Å². The van der Waals surface area contributed by atoms with Gasteiger partial charge in [0, 0.05) is 23.0 Å². The quantitative estimate of drug-likeness (QED) is 0.420. The van der Waals surface area contributed by atoms with Gasteiger partial charge in [0.2, 0.25) is 0 Å². The van der Waals surface area contributed by atoms with E-state index in [4.69, 9.17) is 20.8 Å². The number of carbonyl (C=O) groups excluding carboxylic acids is 1. The standard InChI is InChI=1S/C31H34ClNO5/c1-18-16-25(27-22-6-5-7-23(22)30(35)38-26(27)17-18)37-19(2)29(34)33-15-14-31(36)13-4-3-8-24(31)28(33)20-9-11-21(32)12-10-20/h9-12,16-17,19,24,28,36H,3-8,13-15H2,1-2H3/t19-,24-,28-,31-/m0/s1. The van der Waals surface area contributed by atoms with Gasteiger partial charge >= 0.3 is 5.63 Å². The summed E-state index contributed by atoms with van der Waals surface area (Å²) >= 11 is 6.19. The molecule has 4 atom stereocenters. The lowest BCUT2D eigenvalue weighted by atomic mass is 9.66. The highest BCUT2D eigenvalue weighted by Gasteiger charge is 2.50. The normalized spacial score (nSPS) is 25.6. The van der Waals surface area contributed by atoms with Gasteiger partial charge in [0.05, 0.1) is 17.0 Å². The zero-order chi connectivity index (χ0) is 26.6. The number of carbonyl (C=O) groups is 1. The van der Waals surface area contributed by atoms with Crippen LogP contribution in [0.25, 0.3) is 11.0 Å². The van der Waals surface area contributed by atoms with Gasteiger partial charge in [0.25, 0.3) is 5.91 Å². The number of aliphatic hydroxyl groups is 1. The lowest BCUT2D eigenvalue weighted by Gasteiger charge is -2.53. The van der Waals surface area contributed by atoms with Crippen molar-refractivity contribution >= 4 is 28.5 Å². The van der Waals surface area contributed by atoms with Crippen molar-refractivity contribution in [1.82, 2.24) is 4.90 Å². The smallest absolute Gasteiger partial charge is 0.339 e. The minimum Gasteiger partial charge on any atom is -0.480 e. The summed E-state index contributed by atoms with van der Waals surface area (Å²) in [7, 11) is 0. The number of benzene rings is 2. The Morgan fingerprint density at radius 3 is 2.68 bits per heavy atom. The van der Waals surface area contributed by atoms with Gasteiger partial charge in [0.15, 0.2) is 6.10 Å². The molecule has 6 rings (SSSR count). The molecule has 1 N–H and O–H groups in total. The first-order valence-corrected chi connectivity index (χ1v) is 14.2. The molecule has 7 heteroatoms. The van der Waals surface area contributed by atoms with Gasteiger partial charge in [-0.15, -0.1) is 0 Å². The van der Waals surface area contributed by atoms with Crippen molar-refractivity contribution in [1.29, 1.82) is 0 Å². The van der Waals surface area contributed by atoms with Crippen molar-refractivity contribution in [2.45, 2.75) is 83.0 Å². The number of ether oxygens (including phenoxy) is 1. The summed E-state index contributed by atoms with van der Waals surface area (Å²) in [5.74, 6) is 0.429. The van der Waals surface area contributed by atoms with E-state index in [-0.39, 0.29) is 23.5 Å². The van der Waals surface area contributed by atoms with E-state index in [1.165, 1.54) is 0 Å². The first kappa shape index (κ1) is 25.4. The van der Waals surface area contributed by atoms with E-state index < -0.39 is 11.7 Å².